The standard InChI is InChI=1S/C22H27NO5S/c1-14-10-16(22(3,4)5)11-15(2)18(14)13-23-19-7-6-17(29(26,27)9-8-24)12-20(19)28-21(23)25/h6-7,10-12,24H,8-9,13H2,1-5H3. The highest BCUT2D eigenvalue weighted by atomic mass is 32.2. The fourth-order valence-electron chi connectivity index (χ4n) is 3.46. The number of aromatic nitrogens is 1. The zero-order valence-corrected chi connectivity index (χ0v) is 18.3. The lowest BCUT2D eigenvalue weighted by atomic mass is 9.84. The molecule has 1 heterocycles. The van der Waals surface area contributed by atoms with Crippen molar-refractivity contribution in [3.63, 3.8) is 0 Å². The van der Waals surface area contributed by atoms with Crippen LogP contribution >= 0.6 is 0 Å². The topological polar surface area (TPSA) is 89.5 Å². The Labute approximate surface area is 170 Å². The first-order valence-corrected chi connectivity index (χ1v) is 11.2. The van der Waals surface area contributed by atoms with E-state index in [1.807, 2.05) is 13.8 Å². The van der Waals surface area contributed by atoms with Crippen LogP contribution in [0, 0.1) is 13.8 Å². The molecule has 1 aromatic heterocycles. The summed E-state index contributed by atoms with van der Waals surface area (Å²) in [5.41, 5.74) is 5.26. The zero-order chi connectivity index (χ0) is 21.6. The van der Waals surface area contributed by atoms with Gasteiger partial charge in [0.15, 0.2) is 15.4 Å². The predicted octanol–water partition coefficient (Wildman–Crippen LogP) is 3.32. The van der Waals surface area contributed by atoms with Gasteiger partial charge >= 0.3 is 5.76 Å². The number of aliphatic hydroxyl groups excluding tert-OH is 1. The van der Waals surface area contributed by atoms with E-state index in [9.17, 15) is 13.2 Å². The van der Waals surface area contributed by atoms with E-state index < -0.39 is 22.2 Å². The first kappa shape index (κ1) is 21.3. The molecule has 0 aliphatic heterocycles. The molecule has 0 atom stereocenters. The monoisotopic (exact) mass is 417 g/mol. The molecule has 0 unspecified atom stereocenters. The molecule has 1 N–H and O–H groups in total. The second-order valence-electron chi connectivity index (χ2n) is 8.46. The molecule has 0 spiro atoms. The van der Waals surface area contributed by atoms with Crippen molar-refractivity contribution in [3.8, 4) is 0 Å². The highest BCUT2D eigenvalue weighted by Crippen LogP contribution is 2.28. The summed E-state index contributed by atoms with van der Waals surface area (Å²) in [4.78, 5) is 12.5. The van der Waals surface area contributed by atoms with Crippen LogP contribution in [0.25, 0.3) is 11.1 Å². The molecule has 6 nitrogen and oxygen atoms in total. The Hall–Kier alpha value is -2.38. The van der Waals surface area contributed by atoms with Gasteiger partial charge < -0.3 is 9.52 Å². The maximum Gasteiger partial charge on any atom is 0.420 e. The Morgan fingerprint density at radius 1 is 1.07 bits per heavy atom. The van der Waals surface area contributed by atoms with Crippen LogP contribution in [0.1, 0.15) is 43.0 Å². The molecule has 3 aromatic rings. The number of fused-ring (bicyclic) bond motifs is 1. The summed E-state index contributed by atoms with van der Waals surface area (Å²) in [5.74, 6) is -0.905. The second kappa shape index (κ2) is 7.46. The van der Waals surface area contributed by atoms with Gasteiger partial charge in [0.05, 0.1) is 29.3 Å². The second-order valence-corrected chi connectivity index (χ2v) is 10.6. The number of hydrogen-bond donors (Lipinski definition) is 1. The number of oxazole rings is 1. The third-order valence-electron chi connectivity index (χ3n) is 5.24. The van der Waals surface area contributed by atoms with E-state index in [1.165, 1.54) is 22.3 Å². The van der Waals surface area contributed by atoms with E-state index in [4.69, 9.17) is 9.52 Å². The number of aryl methyl sites for hydroxylation is 2. The van der Waals surface area contributed by atoms with Crippen molar-refractivity contribution >= 4 is 20.9 Å². The quantitative estimate of drug-likeness (QED) is 0.688. The summed E-state index contributed by atoms with van der Waals surface area (Å²) in [6.45, 7) is 10.4. The molecular formula is C22H27NO5S. The van der Waals surface area contributed by atoms with Crippen LogP contribution in [-0.4, -0.2) is 30.5 Å². The molecule has 156 valence electrons. The van der Waals surface area contributed by atoms with Crippen molar-refractivity contribution in [3.05, 3.63) is 63.1 Å². The van der Waals surface area contributed by atoms with Gasteiger partial charge in [-0.3, -0.25) is 4.57 Å². The molecule has 7 heteroatoms. The van der Waals surface area contributed by atoms with Crippen LogP contribution in [0.4, 0.5) is 0 Å². The molecule has 0 bridgehead atoms. The molecular weight excluding hydrogens is 390 g/mol. The molecule has 0 aliphatic rings. The zero-order valence-electron chi connectivity index (χ0n) is 17.4. The maximum atomic E-state index is 12.5. The first-order valence-electron chi connectivity index (χ1n) is 9.51. The minimum absolute atomic E-state index is 0.0295. The van der Waals surface area contributed by atoms with Gasteiger partial charge in [-0.2, -0.15) is 0 Å². The van der Waals surface area contributed by atoms with Crippen molar-refractivity contribution < 1.29 is 17.9 Å². The molecule has 2 aromatic carbocycles. The molecule has 29 heavy (non-hydrogen) atoms. The van der Waals surface area contributed by atoms with Gasteiger partial charge in [0.1, 0.15) is 0 Å². The number of nitrogens with zero attached hydrogens (tertiary/aromatic N) is 1. The first-order chi connectivity index (χ1) is 13.4. The summed E-state index contributed by atoms with van der Waals surface area (Å²) in [6, 6.07) is 8.67. The average Bonchev–Trinajstić information content (AvgIpc) is 2.91. The molecule has 0 amide bonds. The fourth-order valence-corrected chi connectivity index (χ4v) is 4.50. The highest BCUT2D eigenvalue weighted by molar-refractivity contribution is 7.91. The van der Waals surface area contributed by atoms with Crippen LogP contribution in [0.15, 0.2) is 44.4 Å². The average molecular weight is 418 g/mol. The Morgan fingerprint density at radius 2 is 1.69 bits per heavy atom. The van der Waals surface area contributed by atoms with Gasteiger partial charge in [0.2, 0.25) is 0 Å². The molecule has 3 rings (SSSR count). The normalized spacial score (nSPS) is 12.6. The van der Waals surface area contributed by atoms with E-state index in [2.05, 4.69) is 32.9 Å². The van der Waals surface area contributed by atoms with E-state index >= 15 is 0 Å². The number of benzene rings is 2. The van der Waals surface area contributed by atoms with Gasteiger partial charge in [-0.25, -0.2) is 13.2 Å². The van der Waals surface area contributed by atoms with E-state index in [0.29, 0.717) is 12.1 Å². The van der Waals surface area contributed by atoms with Crippen molar-refractivity contribution in [2.24, 2.45) is 0 Å². The number of aliphatic hydroxyl groups is 1. The molecule has 0 radical (unpaired) electrons. The minimum atomic E-state index is -3.62. The lowest BCUT2D eigenvalue weighted by Gasteiger charge is -2.22. The number of rotatable bonds is 5. The van der Waals surface area contributed by atoms with Crippen LogP contribution in [0.3, 0.4) is 0 Å². The molecule has 0 saturated carbocycles. The van der Waals surface area contributed by atoms with Crippen molar-refractivity contribution in [2.45, 2.75) is 51.5 Å². The van der Waals surface area contributed by atoms with Gasteiger partial charge in [-0.05, 0) is 53.6 Å². The maximum absolute atomic E-state index is 12.5. The summed E-state index contributed by atoms with van der Waals surface area (Å²) >= 11 is 0. The van der Waals surface area contributed by atoms with Gasteiger partial charge in [0.25, 0.3) is 0 Å². The summed E-state index contributed by atoms with van der Waals surface area (Å²) in [6.07, 6.45) is 0. The van der Waals surface area contributed by atoms with Crippen molar-refractivity contribution in [2.75, 3.05) is 12.4 Å². The Balaban J connectivity index is 2.06. The van der Waals surface area contributed by atoms with Crippen molar-refractivity contribution in [1.29, 1.82) is 0 Å². The third-order valence-corrected chi connectivity index (χ3v) is 6.93. The largest absolute Gasteiger partial charge is 0.420 e. The molecule has 0 fully saturated rings. The van der Waals surface area contributed by atoms with Crippen LogP contribution in [-0.2, 0) is 21.8 Å². The van der Waals surface area contributed by atoms with Crippen molar-refractivity contribution in [1.82, 2.24) is 4.57 Å². The van der Waals surface area contributed by atoms with Gasteiger partial charge in [-0.15, -0.1) is 0 Å². The molecule has 0 saturated heterocycles. The van der Waals surface area contributed by atoms with Crippen LogP contribution in [0.2, 0.25) is 0 Å². The smallest absolute Gasteiger partial charge is 0.408 e. The SMILES string of the molecule is Cc1cc(C(C)(C)C)cc(C)c1Cn1c(=O)oc2cc(S(=O)(=O)CCO)ccc21. The lowest BCUT2D eigenvalue weighted by Crippen LogP contribution is -2.18. The number of sulfone groups is 1. The third kappa shape index (κ3) is 4.16. The highest BCUT2D eigenvalue weighted by Gasteiger charge is 2.20. The van der Waals surface area contributed by atoms with Gasteiger partial charge in [-0.1, -0.05) is 32.9 Å². The van der Waals surface area contributed by atoms with E-state index in [-0.39, 0.29) is 21.6 Å². The lowest BCUT2D eigenvalue weighted by molar-refractivity contribution is 0.319. The van der Waals surface area contributed by atoms with Gasteiger partial charge in [0, 0.05) is 6.07 Å². The fraction of sp³-hybridized carbons (Fsp3) is 0.409. The summed E-state index contributed by atoms with van der Waals surface area (Å²) in [7, 11) is -3.62. The van der Waals surface area contributed by atoms with Crippen LogP contribution in [0.5, 0.6) is 0 Å². The minimum Gasteiger partial charge on any atom is -0.408 e. The summed E-state index contributed by atoms with van der Waals surface area (Å²) in [5, 5.41) is 8.95. The van der Waals surface area contributed by atoms with E-state index in [0.717, 1.165) is 16.7 Å². The Bertz CT molecular complexity index is 1200. The molecule has 0 aliphatic carbocycles. The Kier molecular flexibility index (Phi) is 5.49. The van der Waals surface area contributed by atoms with Crippen LogP contribution < -0.4 is 5.76 Å². The number of hydrogen-bond acceptors (Lipinski definition) is 5. The Morgan fingerprint density at radius 3 is 2.24 bits per heavy atom. The predicted molar refractivity (Wildman–Crippen MR) is 113 cm³/mol. The summed E-state index contributed by atoms with van der Waals surface area (Å²) < 4.78 is 31.2. The van der Waals surface area contributed by atoms with E-state index in [1.54, 1.807) is 6.07 Å².